The van der Waals surface area contributed by atoms with Gasteiger partial charge in [-0.25, -0.2) is 4.79 Å². The molecule has 0 aromatic carbocycles. The third kappa shape index (κ3) is 4.44. The number of carboxylic acid groups (broad SMARTS) is 1. The quantitative estimate of drug-likeness (QED) is 0.711. The van der Waals surface area contributed by atoms with Gasteiger partial charge >= 0.3 is 5.97 Å². The molecule has 0 saturated carbocycles. The van der Waals surface area contributed by atoms with E-state index in [1.54, 1.807) is 13.0 Å². The number of hydrogen-bond acceptors (Lipinski definition) is 4. The van der Waals surface area contributed by atoms with Gasteiger partial charge in [-0.15, -0.1) is 0 Å². The Morgan fingerprint density at radius 1 is 1.47 bits per heavy atom. The number of aliphatic carboxylic acids is 1. The van der Waals surface area contributed by atoms with Gasteiger partial charge in [-0.2, -0.15) is 11.8 Å². The number of carboxylic acids is 1. The highest BCUT2D eigenvalue weighted by atomic mass is 32.2. The zero-order valence-corrected chi connectivity index (χ0v) is 11.5. The number of hydrogen-bond donors (Lipinski definition) is 3. The first-order valence-electron chi connectivity index (χ1n) is 5.68. The van der Waals surface area contributed by atoms with Crippen molar-refractivity contribution in [3.05, 3.63) is 33.7 Å². The Balaban J connectivity index is 2.81. The standard InChI is InChI=1S/C12H16N2O4S/c1-7-3-4-8(10(15)13-7)11(16)14-9(12(17)18)5-6-19-2/h3-4,9H,5-6H2,1-2H3,(H,13,15)(H,14,16)(H,17,18)/t9-/m1/s1. The van der Waals surface area contributed by atoms with Gasteiger partial charge in [0.1, 0.15) is 11.6 Å². The summed E-state index contributed by atoms with van der Waals surface area (Å²) in [5.74, 6) is -1.16. The highest BCUT2D eigenvalue weighted by Crippen LogP contribution is 2.02. The second-order valence-corrected chi connectivity index (χ2v) is 5.02. The maximum Gasteiger partial charge on any atom is 0.326 e. The molecule has 0 spiro atoms. The van der Waals surface area contributed by atoms with Crippen LogP contribution in [0.3, 0.4) is 0 Å². The van der Waals surface area contributed by atoms with Crippen LogP contribution in [0.5, 0.6) is 0 Å². The van der Waals surface area contributed by atoms with Crippen LogP contribution in [0.15, 0.2) is 16.9 Å². The molecular formula is C12H16N2O4S. The zero-order valence-electron chi connectivity index (χ0n) is 10.7. The molecule has 1 aromatic heterocycles. The first-order valence-corrected chi connectivity index (χ1v) is 7.07. The van der Waals surface area contributed by atoms with E-state index in [2.05, 4.69) is 10.3 Å². The van der Waals surface area contributed by atoms with E-state index in [0.717, 1.165) is 0 Å². The van der Waals surface area contributed by atoms with Gasteiger partial charge in [0.05, 0.1) is 0 Å². The highest BCUT2D eigenvalue weighted by Gasteiger charge is 2.21. The first kappa shape index (κ1) is 15.3. The maximum atomic E-state index is 11.9. The number of carbonyl (C=O) groups is 2. The molecule has 1 atom stereocenters. The molecule has 0 bridgehead atoms. The summed E-state index contributed by atoms with van der Waals surface area (Å²) in [7, 11) is 0. The van der Waals surface area contributed by atoms with E-state index in [0.29, 0.717) is 17.9 Å². The number of rotatable bonds is 6. The number of H-pyrrole nitrogens is 1. The second kappa shape index (κ2) is 6.98. The van der Waals surface area contributed by atoms with Crippen molar-refractivity contribution in [2.24, 2.45) is 0 Å². The molecule has 0 aliphatic carbocycles. The Bertz CT molecular complexity index is 527. The van der Waals surface area contributed by atoms with E-state index in [1.165, 1.54) is 17.8 Å². The van der Waals surface area contributed by atoms with Crippen molar-refractivity contribution in [3.63, 3.8) is 0 Å². The molecule has 0 aliphatic rings. The minimum absolute atomic E-state index is 0.0824. The van der Waals surface area contributed by atoms with Crippen molar-refractivity contribution >= 4 is 23.6 Å². The molecule has 7 heteroatoms. The molecule has 104 valence electrons. The molecule has 0 aliphatic heterocycles. The Kier molecular flexibility index (Phi) is 5.62. The lowest BCUT2D eigenvalue weighted by Gasteiger charge is -2.13. The van der Waals surface area contributed by atoms with Gasteiger partial charge in [0.25, 0.3) is 11.5 Å². The third-order valence-electron chi connectivity index (χ3n) is 2.51. The van der Waals surface area contributed by atoms with Crippen molar-refractivity contribution in [1.82, 2.24) is 10.3 Å². The molecule has 0 radical (unpaired) electrons. The normalized spacial score (nSPS) is 11.9. The molecule has 0 unspecified atom stereocenters. The van der Waals surface area contributed by atoms with Crippen molar-refractivity contribution in [2.75, 3.05) is 12.0 Å². The number of aromatic amines is 1. The van der Waals surface area contributed by atoms with Crippen LogP contribution >= 0.6 is 11.8 Å². The van der Waals surface area contributed by atoms with Gasteiger partial charge in [-0.05, 0) is 37.5 Å². The molecule has 3 N–H and O–H groups in total. The van der Waals surface area contributed by atoms with Crippen LogP contribution in [-0.2, 0) is 4.79 Å². The Morgan fingerprint density at radius 2 is 2.16 bits per heavy atom. The predicted molar refractivity (Wildman–Crippen MR) is 73.7 cm³/mol. The molecular weight excluding hydrogens is 268 g/mol. The SMILES string of the molecule is CSCC[C@@H](NC(=O)c1ccc(C)[nH]c1=O)C(=O)O. The fourth-order valence-corrected chi connectivity index (χ4v) is 1.95. The fourth-order valence-electron chi connectivity index (χ4n) is 1.48. The average Bonchev–Trinajstić information content (AvgIpc) is 2.33. The Morgan fingerprint density at radius 3 is 2.68 bits per heavy atom. The summed E-state index contributed by atoms with van der Waals surface area (Å²) in [5, 5.41) is 11.4. The van der Waals surface area contributed by atoms with Crippen LogP contribution in [-0.4, -0.2) is 40.0 Å². The topological polar surface area (TPSA) is 99.3 Å². The number of carbonyl (C=O) groups excluding carboxylic acids is 1. The number of aryl methyl sites for hydroxylation is 1. The van der Waals surface area contributed by atoms with Gasteiger partial charge < -0.3 is 15.4 Å². The monoisotopic (exact) mass is 284 g/mol. The molecule has 1 aromatic rings. The van der Waals surface area contributed by atoms with Crippen LogP contribution in [0.25, 0.3) is 0 Å². The Hall–Kier alpha value is -1.76. The minimum atomic E-state index is -1.11. The van der Waals surface area contributed by atoms with Crippen molar-refractivity contribution in [1.29, 1.82) is 0 Å². The lowest BCUT2D eigenvalue weighted by Crippen LogP contribution is -2.42. The van der Waals surface area contributed by atoms with E-state index in [9.17, 15) is 14.4 Å². The van der Waals surface area contributed by atoms with Crippen LogP contribution in [0.2, 0.25) is 0 Å². The summed E-state index contributed by atoms with van der Waals surface area (Å²) in [4.78, 5) is 36.9. The smallest absolute Gasteiger partial charge is 0.326 e. The van der Waals surface area contributed by atoms with Gasteiger partial charge in [0.15, 0.2) is 0 Å². The fraction of sp³-hybridized carbons (Fsp3) is 0.417. The minimum Gasteiger partial charge on any atom is -0.480 e. The molecule has 0 saturated heterocycles. The average molecular weight is 284 g/mol. The van der Waals surface area contributed by atoms with E-state index in [1.807, 2.05) is 6.26 Å². The van der Waals surface area contributed by atoms with Crippen LogP contribution < -0.4 is 10.9 Å². The molecule has 6 nitrogen and oxygen atoms in total. The molecule has 1 amide bonds. The molecule has 0 fully saturated rings. The number of aromatic nitrogens is 1. The second-order valence-electron chi connectivity index (χ2n) is 4.03. The van der Waals surface area contributed by atoms with Crippen molar-refractivity contribution in [3.8, 4) is 0 Å². The molecule has 19 heavy (non-hydrogen) atoms. The number of nitrogens with one attached hydrogen (secondary N) is 2. The summed E-state index contributed by atoms with van der Waals surface area (Å²) in [5.41, 5.74) is 0.0335. The molecule has 1 rings (SSSR count). The van der Waals surface area contributed by atoms with Gasteiger partial charge in [-0.1, -0.05) is 0 Å². The van der Waals surface area contributed by atoms with Crippen molar-refractivity contribution in [2.45, 2.75) is 19.4 Å². The third-order valence-corrected chi connectivity index (χ3v) is 3.16. The van der Waals surface area contributed by atoms with E-state index in [4.69, 9.17) is 5.11 Å². The van der Waals surface area contributed by atoms with Gasteiger partial charge in [-0.3, -0.25) is 9.59 Å². The summed E-state index contributed by atoms with van der Waals surface area (Å²) >= 11 is 1.49. The summed E-state index contributed by atoms with van der Waals surface area (Å²) in [6.45, 7) is 1.70. The van der Waals surface area contributed by atoms with Crippen LogP contribution in [0.4, 0.5) is 0 Å². The summed E-state index contributed by atoms with van der Waals surface area (Å²) < 4.78 is 0. The lowest BCUT2D eigenvalue weighted by atomic mass is 10.2. The maximum absolute atomic E-state index is 11.9. The largest absolute Gasteiger partial charge is 0.480 e. The Labute approximate surface area is 114 Å². The predicted octanol–water partition coefficient (Wildman–Crippen LogP) is 0.619. The van der Waals surface area contributed by atoms with Gasteiger partial charge in [0.2, 0.25) is 0 Å². The van der Waals surface area contributed by atoms with E-state index >= 15 is 0 Å². The summed E-state index contributed by atoms with van der Waals surface area (Å²) in [6.07, 6.45) is 2.16. The lowest BCUT2D eigenvalue weighted by molar-refractivity contribution is -0.139. The van der Waals surface area contributed by atoms with Crippen molar-refractivity contribution < 1.29 is 14.7 Å². The van der Waals surface area contributed by atoms with Crippen LogP contribution in [0, 0.1) is 6.92 Å². The number of thioether (sulfide) groups is 1. The first-order chi connectivity index (χ1) is 8.95. The number of pyridine rings is 1. The zero-order chi connectivity index (χ0) is 14.4. The van der Waals surface area contributed by atoms with Crippen LogP contribution in [0.1, 0.15) is 22.5 Å². The highest BCUT2D eigenvalue weighted by molar-refractivity contribution is 7.98. The number of amides is 1. The van der Waals surface area contributed by atoms with E-state index in [-0.39, 0.29) is 5.56 Å². The molecule has 1 heterocycles. The van der Waals surface area contributed by atoms with Gasteiger partial charge in [0, 0.05) is 5.69 Å². The van der Waals surface area contributed by atoms with E-state index < -0.39 is 23.5 Å². The summed E-state index contributed by atoms with van der Waals surface area (Å²) in [6, 6.07) is 1.99.